The molecular weight excluding hydrogens is 444 g/mol. The second kappa shape index (κ2) is 9.13. The van der Waals surface area contributed by atoms with Crippen LogP contribution in [0, 0.1) is 11.7 Å². The van der Waals surface area contributed by atoms with Crippen LogP contribution < -0.4 is 0 Å². The van der Waals surface area contributed by atoms with Gasteiger partial charge in [-0.15, -0.1) is 11.8 Å². The molecule has 32 heavy (non-hydrogen) atoms. The number of hydrogen-bond acceptors (Lipinski definition) is 3. The van der Waals surface area contributed by atoms with Crippen molar-refractivity contribution in [3.05, 3.63) is 71.0 Å². The highest BCUT2D eigenvalue weighted by Gasteiger charge is 2.37. The fourth-order valence-electron chi connectivity index (χ4n) is 4.20. The molecule has 4 rings (SSSR count). The SMILES string of the molecule is O=C(c1cccc(F)c1)N1CCC(CN2C(=O)CS[C@H]2c2cccc(C(F)(F)F)c2)CC1. The summed E-state index contributed by atoms with van der Waals surface area (Å²) in [5.41, 5.74) is 0.0487. The number of carbonyl (C=O) groups is 2. The van der Waals surface area contributed by atoms with Crippen LogP contribution in [-0.4, -0.2) is 47.0 Å². The number of rotatable bonds is 4. The number of alkyl halides is 3. The van der Waals surface area contributed by atoms with Crippen molar-refractivity contribution in [3.63, 3.8) is 0 Å². The number of likely N-dealkylation sites (tertiary alicyclic amines) is 1. The van der Waals surface area contributed by atoms with E-state index in [0.29, 0.717) is 43.6 Å². The minimum atomic E-state index is -4.44. The normalized spacial score (nSPS) is 20.1. The molecule has 0 aromatic heterocycles. The second-order valence-corrected chi connectivity index (χ2v) is 9.15. The summed E-state index contributed by atoms with van der Waals surface area (Å²) in [4.78, 5) is 28.4. The predicted molar refractivity (Wildman–Crippen MR) is 113 cm³/mol. The Bertz CT molecular complexity index is 1010. The van der Waals surface area contributed by atoms with E-state index in [2.05, 4.69) is 0 Å². The predicted octanol–water partition coefficient (Wildman–Crippen LogP) is 4.97. The lowest BCUT2D eigenvalue weighted by molar-refractivity contribution is -0.137. The second-order valence-electron chi connectivity index (χ2n) is 8.08. The molecule has 2 saturated heterocycles. The fourth-order valence-corrected chi connectivity index (χ4v) is 5.39. The minimum Gasteiger partial charge on any atom is -0.339 e. The molecular formula is C23H22F4N2O2S. The monoisotopic (exact) mass is 466 g/mol. The Morgan fingerprint density at radius 3 is 2.47 bits per heavy atom. The van der Waals surface area contributed by atoms with Crippen LogP contribution in [-0.2, 0) is 11.0 Å². The number of benzene rings is 2. The van der Waals surface area contributed by atoms with Gasteiger partial charge in [0.2, 0.25) is 5.91 Å². The quantitative estimate of drug-likeness (QED) is 0.598. The molecule has 2 aliphatic rings. The summed E-state index contributed by atoms with van der Waals surface area (Å²) in [6.45, 7) is 1.42. The van der Waals surface area contributed by atoms with E-state index in [1.54, 1.807) is 21.9 Å². The molecule has 2 aromatic carbocycles. The third-order valence-electron chi connectivity index (χ3n) is 5.90. The van der Waals surface area contributed by atoms with Gasteiger partial charge in [0.15, 0.2) is 0 Å². The van der Waals surface area contributed by atoms with Crippen molar-refractivity contribution in [2.24, 2.45) is 5.92 Å². The first-order chi connectivity index (χ1) is 15.2. The molecule has 2 amide bonds. The van der Waals surface area contributed by atoms with Gasteiger partial charge in [0.1, 0.15) is 11.2 Å². The molecule has 2 aliphatic heterocycles. The summed E-state index contributed by atoms with van der Waals surface area (Å²) in [5.74, 6) is -0.398. The van der Waals surface area contributed by atoms with Crippen LogP contribution in [0.25, 0.3) is 0 Å². The minimum absolute atomic E-state index is 0.0873. The van der Waals surface area contributed by atoms with E-state index < -0.39 is 22.9 Å². The van der Waals surface area contributed by atoms with E-state index in [0.717, 1.165) is 12.1 Å². The molecule has 2 aromatic rings. The molecule has 0 bridgehead atoms. The van der Waals surface area contributed by atoms with E-state index in [1.807, 2.05) is 0 Å². The summed E-state index contributed by atoms with van der Waals surface area (Å²) < 4.78 is 52.7. The number of piperidine rings is 1. The number of amides is 2. The highest BCUT2D eigenvalue weighted by molar-refractivity contribution is 8.00. The zero-order chi connectivity index (χ0) is 22.9. The first kappa shape index (κ1) is 22.6. The van der Waals surface area contributed by atoms with Crippen molar-refractivity contribution in [2.45, 2.75) is 24.4 Å². The van der Waals surface area contributed by atoms with E-state index in [9.17, 15) is 27.2 Å². The first-order valence-electron chi connectivity index (χ1n) is 10.4. The smallest absolute Gasteiger partial charge is 0.339 e. The topological polar surface area (TPSA) is 40.6 Å². The van der Waals surface area contributed by atoms with Crippen molar-refractivity contribution < 1.29 is 27.2 Å². The number of nitrogens with zero attached hydrogens (tertiary/aromatic N) is 2. The van der Waals surface area contributed by atoms with Gasteiger partial charge >= 0.3 is 6.18 Å². The molecule has 4 nitrogen and oxygen atoms in total. The van der Waals surface area contributed by atoms with Gasteiger partial charge in [0, 0.05) is 25.2 Å². The Morgan fingerprint density at radius 1 is 1.06 bits per heavy atom. The van der Waals surface area contributed by atoms with Gasteiger partial charge in [-0.2, -0.15) is 13.2 Å². The molecule has 9 heteroatoms. The van der Waals surface area contributed by atoms with Crippen LogP contribution in [0.1, 0.15) is 39.7 Å². The summed E-state index contributed by atoms with van der Waals surface area (Å²) in [6, 6.07) is 10.7. The van der Waals surface area contributed by atoms with Crippen molar-refractivity contribution >= 4 is 23.6 Å². The molecule has 170 valence electrons. The van der Waals surface area contributed by atoms with E-state index in [-0.39, 0.29) is 23.5 Å². The molecule has 0 unspecified atom stereocenters. The summed E-state index contributed by atoms with van der Waals surface area (Å²) in [7, 11) is 0. The van der Waals surface area contributed by atoms with Crippen molar-refractivity contribution in [2.75, 3.05) is 25.4 Å². The fraction of sp³-hybridized carbons (Fsp3) is 0.391. The molecule has 0 radical (unpaired) electrons. The molecule has 0 N–H and O–H groups in total. The number of thioether (sulfide) groups is 1. The molecule has 1 atom stereocenters. The van der Waals surface area contributed by atoms with Gasteiger partial charge in [0.05, 0.1) is 11.3 Å². The Morgan fingerprint density at radius 2 is 1.78 bits per heavy atom. The largest absolute Gasteiger partial charge is 0.416 e. The third kappa shape index (κ3) is 4.92. The third-order valence-corrected chi connectivity index (χ3v) is 7.15. The van der Waals surface area contributed by atoms with Gasteiger partial charge in [-0.05, 0) is 54.7 Å². The van der Waals surface area contributed by atoms with E-state index in [4.69, 9.17) is 0 Å². The number of carbonyl (C=O) groups excluding carboxylic acids is 2. The van der Waals surface area contributed by atoms with Crippen LogP contribution in [0.3, 0.4) is 0 Å². The Kier molecular flexibility index (Phi) is 6.46. The van der Waals surface area contributed by atoms with Crippen LogP contribution >= 0.6 is 11.8 Å². The lowest BCUT2D eigenvalue weighted by atomic mass is 9.95. The Hall–Kier alpha value is -2.55. The number of halogens is 4. The van der Waals surface area contributed by atoms with Crippen LogP contribution in [0.15, 0.2) is 48.5 Å². The maximum Gasteiger partial charge on any atom is 0.416 e. The van der Waals surface area contributed by atoms with Gasteiger partial charge in [-0.1, -0.05) is 18.2 Å². The van der Waals surface area contributed by atoms with Crippen molar-refractivity contribution in [1.29, 1.82) is 0 Å². The highest BCUT2D eigenvalue weighted by Crippen LogP contribution is 2.41. The zero-order valence-electron chi connectivity index (χ0n) is 17.1. The average Bonchev–Trinajstić information content (AvgIpc) is 3.13. The summed E-state index contributed by atoms with van der Waals surface area (Å²) in [6.07, 6.45) is -3.09. The van der Waals surface area contributed by atoms with Crippen LogP contribution in [0.2, 0.25) is 0 Å². The van der Waals surface area contributed by atoms with Gasteiger partial charge in [-0.3, -0.25) is 9.59 Å². The van der Waals surface area contributed by atoms with Gasteiger partial charge in [0.25, 0.3) is 5.91 Å². The maximum atomic E-state index is 13.4. The molecule has 2 fully saturated rings. The lowest BCUT2D eigenvalue weighted by Crippen LogP contribution is -2.42. The van der Waals surface area contributed by atoms with Crippen LogP contribution in [0.4, 0.5) is 17.6 Å². The Labute approximate surface area is 187 Å². The van der Waals surface area contributed by atoms with E-state index in [1.165, 1.54) is 36.0 Å². The molecule has 0 spiro atoms. The highest BCUT2D eigenvalue weighted by atomic mass is 32.2. The molecule has 2 heterocycles. The first-order valence-corrected chi connectivity index (χ1v) is 11.4. The van der Waals surface area contributed by atoms with E-state index >= 15 is 0 Å². The van der Waals surface area contributed by atoms with Crippen molar-refractivity contribution in [1.82, 2.24) is 9.80 Å². The standard InChI is InChI=1S/C23H22F4N2O2S/c24-19-6-2-3-16(12-19)21(31)28-9-7-15(8-10-28)13-29-20(30)14-32-22(29)17-4-1-5-18(11-17)23(25,26)27/h1-6,11-12,15,22H,7-10,13-14H2/t22-/m0/s1. The van der Waals surface area contributed by atoms with Gasteiger partial charge in [-0.25, -0.2) is 4.39 Å². The lowest BCUT2D eigenvalue weighted by Gasteiger charge is -2.35. The summed E-state index contributed by atoms with van der Waals surface area (Å²) in [5, 5.41) is -0.447. The van der Waals surface area contributed by atoms with Crippen LogP contribution in [0.5, 0.6) is 0 Å². The zero-order valence-corrected chi connectivity index (χ0v) is 18.0. The molecule has 0 aliphatic carbocycles. The average molecular weight is 467 g/mol. The molecule has 0 saturated carbocycles. The maximum absolute atomic E-state index is 13.4. The van der Waals surface area contributed by atoms with Crippen molar-refractivity contribution in [3.8, 4) is 0 Å². The van der Waals surface area contributed by atoms with Gasteiger partial charge < -0.3 is 9.80 Å². The Balaban J connectivity index is 1.40. The summed E-state index contributed by atoms with van der Waals surface area (Å²) >= 11 is 1.33. The number of hydrogen-bond donors (Lipinski definition) is 0.